The molecule has 130 valence electrons. The summed E-state index contributed by atoms with van der Waals surface area (Å²) in [5.41, 5.74) is 2.58. The molecular weight excluding hydrogens is 336 g/mol. The molecule has 0 bridgehead atoms. The number of alkyl halides is 1. The normalized spacial score (nSPS) is 20.1. The van der Waals surface area contributed by atoms with E-state index in [1.807, 2.05) is 43.9 Å². The average molecular weight is 356 g/mol. The molecule has 9 nitrogen and oxygen atoms in total. The van der Waals surface area contributed by atoms with E-state index in [9.17, 15) is 0 Å². The van der Waals surface area contributed by atoms with E-state index in [0.717, 1.165) is 30.1 Å². The number of halogens is 1. The van der Waals surface area contributed by atoms with Crippen LogP contribution in [0.1, 0.15) is 20.8 Å². The number of hydrogen-bond donors (Lipinski definition) is 3. The molecular formula is C14H20ClN6O3+. The highest BCUT2D eigenvalue weighted by Crippen LogP contribution is 2.19. The van der Waals surface area contributed by atoms with Crippen molar-refractivity contribution in [2.75, 3.05) is 13.1 Å². The van der Waals surface area contributed by atoms with Gasteiger partial charge < -0.3 is 4.90 Å². The van der Waals surface area contributed by atoms with Gasteiger partial charge in [0.15, 0.2) is 0 Å². The highest BCUT2D eigenvalue weighted by atomic mass is 35.5. The molecule has 10 heteroatoms. The predicted octanol–water partition coefficient (Wildman–Crippen LogP) is 2.18. The molecule has 0 radical (unpaired) electrons. The summed E-state index contributed by atoms with van der Waals surface area (Å²) in [6.45, 7) is 7.37. The molecule has 2 rings (SSSR count). The second-order valence-electron chi connectivity index (χ2n) is 4.74. The smallest absolute Gasteiger partial charge is 0.342 e. The maximum Gasteiger partial charge on any atom is 0.472 e. The third kappa shape index (κ3) is 5.58. The molecule has 1 aliphatic heterocycles. The Hall–Kier alpha value is -2.55. The molecule has 2 aliphatic rings. The Morgan fingerprint density at radius 3 is 2.54 bits per heavy atom. The van der Waals surface area contributed by atoms with E-state index in [4.69, 9.17) is 32.3 Å². The van der Waals surface area contributed by atoms with Gasteiger partial charge in [-0.25, -0.2) is 20.4 Å². The zero-order valence-corrected chi connectivity index (χ0v) is 14.4. The quantitative estimate of drug-likeness (QED) is 0.304. The van der Waals surface area contributed by atoms with Crippen LogP contribution < -0.4 is 0 Å². The Balaban J connectivity index is 0.000000648. The van der Waals surface area contributed by atoms with E-state index < -0.39 is 5.09 Å². The van der Waals surface area contributed by atoms with Gasteiger partial charge >= 0.3 is 5.09 Å². The first-order valence-electron chi connectivity index (χ1n) is 7.24. The highest BCUT2D eigenvalue weighted by Gasteiger charge is 2.20. The lowest BCUT2D eigenvalue weighted by molar-refractivity contribution is -0.969. The van der Waals surface area contributed by atoms with Gasteiger partial charge in [0.1, 0.15) is 4.91 Å². The van der Waals surface area contributed by atoms with Gasteiger partial charge in [-0.3, -0.25) is 5.41 Å². The van der Waals surface area contributed by atoms with Crippen molar-refractivity contribution in [3.05, 3.63) is 28.7 Å². The van der Waals surface area contributed by atoms with E-state index in [0.29, 0.717) is 5.96 Å². The Morgan fingerprint density at radius 2 is 2.00 bits per heavy atom. The Bertz CT molecular complexity index is 657. The first kappa shape index (κ1) is 19.5. The van der Waals surface area contributed by atoms with E-state index in [1.54, 1.807) is 0 Å². The van der Waals surface area contributed by atoms with Crippen LogP contribution in [0.2, 0.25) is 0 Å². The maximum atomic E-state index is 8.47. The topological polar surface area (TPSA) is 125 Å². The van der Waals surface area contributed by atoms with Crippen LogP contribution in [0.3, 0.4) is 0 Å². The van der Waals surface area contributed by atoms with Crippen molar-refractivity contribution in [1.29, 1.82) is 5.41 Å². The first-order valence-corrected chi connectivity index (χ1v) is 7.68. The molecule has 1 unspecified atom stereocenters. The van der Waals surface area contributed by atoms with Crippen molar-refractivity contribution in [1.82, 2.24) is 4.90 Å². The SMILES string of the molecule is CCN(CC)C(=N)/N=C1\N=C(C)C2=CC(Cl)C=CC2=N1.O=[N+](O)O. The number of hydrogen-bond acceptors (Lipinski definition) is 2. The number of guanidine groups is 2. The van der Waals surface area contributed by atoms with Crippen molar-refractivity contribution < 1.29 is 15.5 Å². The number of rotatable bonds is 2. The van der Waals surface area contributed by atoms with Crippen LogP contribution in [0, 0.1) is 10.3 Å². The third-order valence-corrected chi connectivity index (χ3v) is 3.46. The molecule has 0 fully saturated rings. The van der Waals surface area contributed by atoms with E-state index in [2.05, 4.69) is 15.0 Å². The molecule has 0 aromatic carbocycles. The Labute approximate surface area is 144 Å². The average Bonchev–Trinajstić information content (AvgIpc) is 2.49. The van der Waals surface area contributed by atoms with Crippen LogP contribution in [0.25, 0.3) is 0 Å². The summed E-state index contributed by atoms with van der Waals surface area (Å²) >= 11 is 6.06. The fraction of sp³-hybridized carbons (Fsp3) is 0.429. The molecule has 0 saturated carbocycles. The third-order valence-electron chi connectivity index (χ3n) is 3.19. The Morgan fingerprint density at radius 1 is 1.42 bits per heavy atom. The lowest BCUT2D eigenvalue weighted by Crippen LogP contribution is -2.29. The van der Waals surface area contributed by atoms with Crippen LogP contribution in [0.15, 0.2) is 38.8 Å². The van der Waals surface area contributed by atoms with Gasteiger partial charge in [0.05, 0.1) is 16.8 Å². The zero-order valence-electron chi connectivity index (χ0n) is 13.6. The fourth-order valence-corrected chi connectivity index (χ4v) is 2.26. The van der Waals surface area contributed by atoms with Gasteiger partial charge in [-0.2, -0.15) is 4.99 Å². The summed E-state index contributed by atoms with van der Waals surface area (Å²) < 4.78 is 0. The fourth-order valence-electron chi connectivity index (χ4n) is 2.06. The molecule has 0 aromatic rings. The number of fused-ring (bicyclic) bond motifs is 1. The summed E-state index contributed by atoms with van der Waals surface area (Å²) in [6, 6.07) is 0. The summed E-state index contributed by atoms with van der Waals surface area (Å²) in [7, 11) is 0. The van der Waals surface area contributed by atoms with Crippen LogP contribution >= 0.6 is 11.6 Å². The molecule has 3 N–H and O–H groups in total. The summed E-state index contributed by atoms with van der Waals surface area (Å²) in [5.74, 6) is 0.512. The monoisotopic (exact) mass is 355 g/mol. The maximum absolute atomic E-state index is 8.47. The summed E-state index contributed by atoms with van der Waals surface area (Å²) in [5, 5.41) is 20.4. The minimum absolute atomic E-state index is 0.124. The molecule has 0 saturated heterocycles. The molecule has 1 atom stereocenters. The molecule has 24 heavy (non-hydrogen) atoms. The second kappa shape index (κ2) is 8.92. The minimum Gasteiger partial charge on any atom is -0.342 e. The number of nitrogens with one attached hydrogen (secondary N) is 1. The van der Waals surface area contributed by atoms with Crippen LogP contribution in [-0.4, -0.2) is 62.2 Å². The van der Waals surface area contributed by atoms with Crippen molar-refractivity contribution in [2.45, 2.75) is 26.1 Å². The molecule has 0 aromatic heterocycles. The van der Waals surface area contributed by atoms with E-state index in [-0.39, 0.29) is 11.3 Å². The largest absolute Gasteiger partial charge is 0.472 e. The minimum atomic E-state index is -1.25. The van der Waals surface area contributed by atoms with Gasteiger partial charge in [0.2, 0.25) is 5.96 Å². The zero-order chi connectivity index (χ0) is 18.3. The Kier molecular flexibility index (Phi) is 7.25. The summed E-state index contributed by atoms with van der Waals surface area (Å²) in [6.07, 6.45) is 5.67. The molecule has 0 spiro atoms. The molecule has 1 heterocycles. The van der Waals surface area contributed by atoms with Crippen molar-refractivity contribution in [3.63, 3.8) is 0 Å². The lowest BCUT2D eigenvalue weighted by Gasteiger charge is -2.20. The number of aliphatic imine (C=N–C) groups is 3. The van der Waals surface area contributed by atoms with Gasteiger partial charge in [-0.05, 0) is 26.8 Å². The molecule has 0 amide bonds. The predicted molar refractivity (Wildman–Crippen MR) is 92.7 cm³/mol. The lowest BCUT2D eigenvalue weighted by atomic mass is 9.99. The summed E-state index contributed by atoms with van der Waals surface area (Å²) in [4.78, 5) is 23.2. The van der Waals surface area contributed by atoms with Crippen LogP contribution in [0.5, 0.6) is 0 Å². The van der Waals surface area contributed by atoms with Gasteiger partial charge in [0, 0.05) is 18.7 Å². The van der Waals surface area contributed by atoms with Crippen molar-refractivity contribution in [3.8, 4) is 0 Å². The van der Waals surface area contributed by atoms with Crippen LogP contribution in [0.4, 0.5) is 0 Å². The van der Waals surface area contributed by atoms with Crippen LogP contribution in [-0.2, 0) is 0 Å². The van der Waals surface area contributed by atoms with Gasteiger partial charge in [-0.1, -0.05) is 12.2 Å². The first-order chi connectivity index (χ1) is 11.3. The number of nitrogens with zero attached hydrogens (tertiary/aromatic N) is 5. The van der Waals surface area contributed by atoms with E-state index in [1.165, 1.54) is 0 Å². The second-order valence-corrected chi connectivity index (χ2v) is 5.24. The highest BCUT2D eigenvalue weighted by molar-refractivity contribution is 6.36. The van der Waals surface area contributed by atoms with E-state index >= 15 is 0 Å². The van der Waals surface area contributed by atoms with Gasteiger partial charge in [0.25, 0.3) is 5.96 Å². The molecule has 1 aliphatic carbocycles. The standard InChI is InChI=1S/C14H18ClN5.H2NO3/c1-4-20(5-2)13(16)19-14-17-9(3)11-8-10(15)6-7-12(11)18-14;2-1(3)4/h6-8,10,16H,4-5H2,1-3H3;(H2,2,3,4)/q;+1/b16-13?,19-14+;. The van der Waals surface area contributed by atoms with Gasteiger partial charge in [-0.15, -0.1) is 11.6 Å². The number of allylic oxidation sites excluding steroid dienone is 4. The van der Waals surface area contributed by atoms with Crippen molar-refractivity contribution >= 4 is 34.9 Å². The van der Waals surface area contributed by atoms with Crippen molar-refractivity contribution in [2.24, 2.45) is 15.0 Å².